The van der Waals surface area contributed by atoms with E-state index >= 15 is 0 Å². The number of rotatable bonds is 6. The zero-order valence-corrected chi connectivity index (χ0v) is 18.3. The Morgan fingerprint density at radius 2 is 1.91 bits per heavy atom. The number of aliphatic imine (C=N–C) groups is 1. The molecule has 0 saturated carbocycles. The van der Waals surface area contributed by atoms with Crippen molar-refractivity contribution in [2.75, 3.05) is 39.5 Å². The Morgan fingerprint density at radius 1 is 1.32 bits per heavy atom. The van der Waals surface area contributed by atoms with E-state index in [4.69, 9.17) is 0 Å². The number of piperidine rings is 1. The van der Waals surface area contributed by atoms with Crippen molar-refractivity contribution >= 4 is 41.7 Å². The highest BCUT2D eigenvalue weighted by Crippen LogP contribution is 2.19. The maximum atomic E-state index is 4.32. The summed E-state index contributed by atoms with van der Waals surface area (Å²) in [4.78, 5) is 6.91. The smallest absolute Gasteiger partial charge is 0.191 e. The topological polar surface area (TPSA) is 39.7 Å². The minimum absolute atomic E-state index is 0. The van der Waals surface area contributed by atoms with Crippen LogP contribution in [0.25, 0.3) is 0 Å². The molecule has 0 amide bonds. The van der Waals surface area contributed by atoms with Crippen molar-refractivity contribution in [3.63, 3.8) is 0 Å². The molecule has 1 rings (SSSR count). The number of hydrogen-bond donors (Lipinski definition) is 2. The Hall–Kier alpha value is 0.310. The van der Waals surface area contributed by atoms with Gasteiger partial charge in [-0.1, -0.05) is 6.92 Å². The summed E-state index contributed by atoms with van der Waals surface area (Å²) in [5.74, 6) is 1.80. The number of nitrogens with zero attached hydrogens (tertiary/aromatic N) is 2. The van der Waals surface area contributed by atoms with E-state index in [1.54, 1.807) is 0 Å². The van der Waals surface area contributed by atoms with Crippen LogP contribution in [0.2, 0.25) is 0 Å². The molecule has 0 aliphatic carbocycles. The zero-order valence-electron chi connectivity index (χ0n) is 15.1. The highest BCUT2D eigenvalue weighted by atomic mass is 127. The molecule has 4 nitrogen and oxygen atoms in total. The quantitative estimate of drug-likeness (QED) is 0.377. The highest BCUT2D eigenvalue weighted by Gasteiger charge is 2.20. The van der Waals surface area contributed by atoms with Crippen molar-refractivity contribution in [3.05, 3.63) is 0 Å². The summed E-state index contributed by atoms with van der Waals surface area (Å²) in [5, 5.41) is 6.89. The van der Waals surface area contributed by atoms with E-state index in [2.05, 4.69) is 54.5 Å². The second-order valence-corrected chi connectivity index (χ2v) is 8.35. The Bertz CT molecular complexity index is 328. The fourth-order valence-electron chi connectivity index (χ4n) is 2.43. The lowest BCUT2D eigenvalue weighted by Gasteiger charge is -2.35. The van der Waals surface area contributed by atoms with Gasteiger partial charge in [0.2, 0.25) is 0 Å². The lowest BCUT2D eigenvalue weighted by molar-refractivity contribution is 0.147. The molecule has 0 aromatic heterocycles. The molecule has 1 unspecified atom stereocenters. The van der Waals surface area contributed by atoms with Crippen LogP contribution < -0.4 is 10.6 Å². The van der Waals surface area contributed by atoms with E-state index < -0.39 is 0 Å². The van der Waals surface area contributed by atoms with E-state index in [0.29, 0.717) is 6.04 Å². The summed E-state index contributed by atoms with van der Waals surface area (Å²) < 4.78 is 0.228. The Balaban J connectivity index is 0.00000441. The first-order valence-electron chi connectivity index (χ1n) is 8.11. The van der Waals surface area contributed by atoms with Gasteiger partial charge in [0, 0.05) is 30.9 Å². The van der Waals surface area contributed by atoms with Gasteiger partial charge in [0.05, 0.1) is 0 Å². The van der Waals surface area contributed by atoms with Crippen molar-refractivity contribution in [1.29, 1.82) is 0 Å². The first-order chi connectivity index (χ1) is 9.88. The summed E-state index contributed by atoms with van der Waals surface area (Å²) in [7, 11) is 1.84. The second kappa shape index (κ2) is 11.0. The monoisotopic (exact) mass is 442 g/mol. The molecule has 0 aromatic rings. The average Bonchev–Trinajstić information content (AvgIpc) is 2.48. The van der Waals surface area contributed by atoms with Gasteiger partial charge in [0.15, 0.2) is 5.96 Å². The first-order valence-corrected chi connectivity index (χ1v) is 9.34. The van der Waals surface area contributed by atoms with Gasteiger partial charge in [-0.2, -0.15) is 11.8 Å². The number of thioether (sulfide) groups is 1. The third kappa shape index (κ3) is 8.24. The predicted octanol–water partition coefficient (Wildman–Crippen LogP) is 3.03. The lowest BCUT2D eigenvalue weighted by atomic mass is 9.98. The van der Waals surface area contributed by atoms with E-state index in [1.165, 1.54) is 25.9 Å². The molecule has 0 aromatic carbocycles. The maximum absolute atomic E-state index is 4.32. The van der Waals surface area contributed by atoms with Crippen LogP contribution in [0.1, 0.15) is 40.5 Å². The third-order valence-corrected chi connectivity index (χ3v) is 5.71. The standard InChI is InChI=1S/C16H34N4S.HI/c1-13-7-9-20(10-8-13)14(2)11-18-15(17-5)19-12-16(3,4)21-6;/h13-14H,7-12H2,1-6H3,(H2,17,18,19);1H. The molecule has 1 atom stereocenters. The zero-order chi connectivity index (χ0) is 15.9. The molecule has 0 bridgehead atoms. The van der Waals surface area contributed by atoms with E-state index in [-0.39, 0.29) is 28.7 Å². The lowest BCUT2D eigenvalue weighted by Crippen LogP contribution is -2.49. The molecule has 1 aliphatic rings. The summed E-state index contributed by atoms with van der Waals surface area (Å²) in [5.41, 5.74) is 0. The van der Waals surface area contributed by atoms with Crippen LogP contribution in [0.3, 0.4) is 0 Å². The summed E-state index contributed by atoms with van der Waals surface area (Å²) in [6.45, 7) is 13.5. The summed E-state index contributed by atoms with van der Waals surface area (Å²) in [6, 6.07) is 0.560. The Kier molecular flexibility index (Phi) is 11.1. The van der Waals surface area contributed by atoms with Crippen molar-refractivity contribution < 1.29 is 0 Å². The van der Waals surface area contributed by atoms with Gasteiger partial charge in [0.25, 0.3) is 0 Å². The fraction of sp³-hybridized carbons (Fsp3) is 0.938. The van der Waals surface area contributed by atoms with E-state index in [0.717, 1.165) is 25.0 Å². The van der Waals surface area contributed by atoms with Crippen molar-refractivity contribution in [1.82, 2.24) is 15.5 Å². The first kappa shape index (κ1) is 22.3. The van der Waals surface area contributed by atoms with Gasteiger partial charge in [-0.25, -0.2) is 0 Å². The molecule has 2 N–H and O–H groups in total. The molecule has 1 fully saturated rings. The van der Waals surface area contributed by atoms with Crippen LogP contribution in [-0.4, -0.2) is 61.1 Å². The van der Waals surface area contributed by atoms with Crippen LogP contribution in [0, 0.1) is 5.92 Å². The molecule has 0 radical (unpaired) electrons. The van der Waals surface area contributed by atoms with Gasteiger partial charge >= 0.3 is 0 Å². The van der Waals surface area contributed by atoms with Gasteiger partial charge in [-0.15, -0.1) is 24.0 Å². The van der Waals surface area contributed by atoms with Crippen LogP contribution in [-0.2, 0) is 0 Å². The SMILES string of the molecule is CN=C(NCC(C)N1CCC(C)CC1)NCC(C)(C)SC.I. The van der Waals surface area contributed by atoms with Crippen LogP contribution in [0.15, 0.2) is 4.99 Å². The second-order valence-electron chi connectivity index (χ2n) is 6.84. The van der Waals surface area contributed by atoms with Gasteiger partial charge in [0.1, 0.15) is 0 Å². The molecule has 1 heterocycles. The molecule has 6 heteroatoms. The van der Waals surface area contributed by atoms with Crippen molar-refractivity contribution in [3.8, 4) is 0 Å². The number of nitrogens with one attached hydrogen (secondary N) is 2. The predicted molar refractivity (Wildman–Crippen MR) is 112 cm³/mol. The normalized spacial score (nSPS) is 19.5. The molecule has 22 heavy (non-hydrogen) atoms. The molecular weight excluding hydrogens is 407 g/mol. The van der Waals surface area contributed by atoms with E-state index in [1.807, 2.05) is 18.8 Å². The van der Waals surface area contributed by atoms with Gasteiger partial charge < -0.3 is 10.6 Å². The maximum Gasteiger partial charge on any atom is 0.191 e. The molecule has 0 spiro atoms. The molecule has 132 valence electrons. The number of hydrogen-bond acceptors (Lipinski definition) is 3. The summed E-state index contributed by atoms with van der Waals surface area (Å²) >= 11 is 1.87. The fourth-order valence-corrected chi connectivity index (χ4v) is 2.65. The minimum atomic E-state index is 0. The number of halogens is 1. The third-order valence-electron chi connectivity index (χ3n) is 4.46. The highest BCUT2D eigenvalue weighted by molar-refractivity contribution is 14.0. The molecule has 1 aliphatic heterocycles. The minimum Gasteiger partial charge on any atom is -0.355 e. The van der Waals surface area contributed by atoms with Gasteiger partial charge in [-0.3, -0.25) is 9.89 Å². The van der Waals surface area contributed by atoms with Crippen molar-refractivity contribution in [2.24, 2.45) is 10.9 Å². The Morgan fingerprint density at radius 3 is 2.41 bits per heavy atom. The van der Waals surface area contributed by atoms with Crippen molar-refractivity contribution in [2.45, 2.75) is 51.3 Å². The average molecular weight is 442 g/mol. The van der Waals surface area contributed by atoms with E-state index in [9.17, 15) is 0 Å². The Labute approximate surface area is 158 Å². The number of likely N-dealkylation sites (tertiary alicyclic amines) is 1. The summed E-state index contributed by atoms with van der Waals surface area (Å²) in [6.07, 6.45) is 4.82. The van der Waals surface area contributed by atoms with Crippen LogP contribution in [0.4, 0.5) is 0 Å². The van der Waals surface area contributed by atoms with Gasteiger partial charge in [-0.05, 0) is 58.9 Å². The van der Waals surface area contributed by atoms with Crippen LogP contribution in [0.5, 0.6) is 0 Å². The number of guanidine groups is 1. The molecule has 1 saturated heterocycles. The largest absolute Gasteiger partial charge is 0.355 e. The molecular formula is C16H35IN4S. The van der Waals surface area contributed by atoms with Crippen LogP contribution >= 0.6 is 35.7 Å².